The van der Waals surface area contributed by atoms with E-state index in [2.05, 4.69) is 0 Å². The molecule has 5 nitrogen and oxygen atoms in total. The molecule has 1 aliphatic heterocycles. The second kappa shape index (κ2) is 7.23. The van der Waals surface area contributed by atoms with Crippen molar-refractivity contribution in [3.8, 4) is 0 Å². The molecule has 0 unspecified atom stereocenters. The van der Waals surface area contributed by atoms with E-state index in [1.807, 2.05) is 0 Å². The summed E-state index contributed by atoms with van der Waals surface area (Å²) in [6, 6.07) is 2.68. The maximum atomic E-state index is 13.6. The number of likely N-dealkylation sites (tertiary alicyclic amines) is 1. The zero-order chi connectivity index (χ0) is 20.9. The Bertz CT molecular complexity index is 972. The molecule has 2 aliphatic rings. The number of furan rings is 1. The summed E-state index contributed by atoms with van der Waals surface area (Å²) in [5, 5.41) is 0.00396. The number of rotatable bonds is 3. The zero-order valence-electron chi connectivity index (χ0n) is 15.6. The number of methoxy groups -OCH3 is 1. The van der Waals surface area contributed by atoms with E-state index in [0.717, 1.165) is 18.9 Å². The lowest BCUT2D eigenvalue weighted by atomic mass is 9.97. The first-order valence-corrected chi connectivity index (χ1v) is 9.78. The van der Waals surface area contributed by atoms with E-state index in [0.29, 0.717) is 18.4 Å². The van der Waals surface area contributed by atoms with E-state index in [1.165, 1.54) is 12.0 Å². The molecule has 0 spiro atoms. The molecule has 2 fully saturated rings. The van der Waals surface area contributed by atoms with Gasteiger partial charge < -0.3 is 14.1 Å². The lowest BCUT2D eigenvalue weighted by molar-refractivity contribution is -0.146. The van der Waals surface area contributed by atoms with E-state index in [-0.39, 0.29) is 47.1 Å². The molecule has 1 saturated heterocycles. The average Bonchev–Trinajstić information content (AvgIpc) is 3.50. The molecule has 156 valence electrons. The van der Waals surface area contributed by atoms with Gasteiger partial charge in [0.05, 0.1) is 23.6 Å². The maximum Gasteiger partial charge on any atom is 0.420 e. The molecule has 1 aromatic heterocycles. The highest BCUT2D eigenvalue weighted by Gasteiger charge is 2.39. The Morgan fingerprint density at radius 3 is 2.38 bits per heavy atom. The van der Waals surface area contributed by atoms with Crippen LogP contribution in [-0.4, -0.2) is 37.0 Å². The van der Waals surface area contributed by atoms with Crippen LogP contribution in [0.4, 0.5) is 13.2 Å². The van der Waals surface area contributed by atoms with Gasteiger partial charge in [0, 0.05) is 18.5 Å². The lowest BCUT2D eigenvalue weighted by Gasteiger charge is -2.30. The number of fused-ring (bicyclic) bond motifs is 1. The van der Waals surface area contributed by atoms with E-state index in [9.17, 15) is 22.8 Å². The minimum Gasteiger partial charge on any atom is -0.469 e. The summed E-state index contributed by atoms with van der Waals surface area (Å²) in [6.07, 6.45) is -2.13. The fourth-order valence-electron chi connectivity index (χ4n) is 3.82. The van der Waals surface area contributed by atoms with Gasteiger partial charge in [-0.2, -0.15) is 13.2 Å². The van der Waals surface area contributed by atoms with Crippen LogP contribution in [0.5, 0.6) is 0 Å². The van der Waals surface area contributed by atoms with Crippen molar-refractivity contribution in [2.24, 2.45) is 5.92 Å². The molecule has 1 aromatic carbocycles. The van der Waals surface area contributed by atoms with Gasteiger partial charge in [-0.3, -0.25) is 9.59 Å². The number of halogens is 4. The van der Waals surface area contributed by atoms with Crippen molar-refractivity contribution in [3.05, 3.63) is 34.0 Å². The number of benzene rings is 1. The number of carbonyl (C=O) groups excluding carboxylic acids is 2. The molecule has 2 heterocycles. The Balaban J connectivity index is 1.67. The Kier molecular flexibility index (Phi) is 5.01. The number of hydrogen-bond acceptors (Lipinski definition) is 4. The van der Waals surface area contributed by atoms with Crippen LogP contribution in [0.1, 0.15) is 53.3 Å². The van der Waals surface area contributed by atoms with Gasteiger partial charge in [0.2, 0.25) is 5.76 Å². The Hall–Kier alpha value is -2.22. The summed E-state index contributed by atoms with van der Waals surface area (Å²) < 4.78 is 50.9. The summed E-state index contributed by atoms with van der Waals surface area (Å²) in [6.45, 7) is 0.539. The Labute approximate surface area is 169 Å². The molecular formula is C20H19ClF3NO4. The van der Waals surface area contributed by atoms with Crippen molar-refractivity contribution in [1.29, 1.82) is 0 Å². The normalized spacial score (nSPS) is 18.3. The summed E-state index contributed by atoms with van der Waals surface area (Å²) in [5.74, 6) is -1.41. The standard InChI is InChI=1S/C20H19ClF3NO4/c1-28-19(27)11-4-6-25(7-5-11)18(26)17-15(21)13-8-12(10-2-3-10)9-14(16(13)29-17)20(22,23)24/h8-11H,2-7H2,1H3. The quantitative estimate of drug-likeness (QED) is 0.644. The third kappa shape index (κ3) is 3.70. The summed E-state index contributed by atoms with van der Waals surface area (Å²) in [5.41, 5.74) is -0.771. The number of piperidine rings is 1. The lowest BCUT2D eigenvalue weighted by Crippen LogP contribution is -2.40. The number of amides is 1. The maximum absolute atomic E-state index is 13.6. The molecule has 0 radical (unpaired) electrons. The first-order chi connectivity index (χ1) is 13.7. The summed E-state index contributed by atoms with van der Waals surface area (Å²) >= 11 is 6.31. The number of nitrogens with zero attached hydrogens (tertiary/aromatic N) is 1. The van der Waals surface area contributed by atoms with Crippen molar-refractivity contribution in [1.82, 2.24) is 4.90 Å². The predicted octanol–water partition coefficient (Wildman–Crippen LogP) is 5.01. The van der Waals surface area contributed by atoms with Crippen LogP contribution in [0.3, 0.4) is 0 Å². The van der Waals surface area contributed by atoms with Crippen molar-refractivity contribution in [3.63, 3.8) is 0 Å². The highest BCUT2D eigenvalue weighted by atomic mass is 35.5. The molecule has 4 rings (SSSR count). The second-order valence-electron chi connectivity index (χ2n) is 7.55. The first-order valence-electron chi connectivity index (χ1n) is 9.41. The minimum atomic E-state index is -4.62. The van der Waals surface area contributed by atoms with Crippen LogP contribution in [0, 0.1) is 5.92 Å². The van der Waals surface area contributed by atoms with Crippen LogP contribution in [0.2, 0.25) is 5.02 Å². The van der Waals surface area contributed by atoms with Gasteiger partial charge in [-0.05, 0) is 49.3 Å². The van der Waals surface area contributed by atoms with Gasteiger partial charge in [-0.15, -0.1) is 0 Å². The predicted molar refractivity (Wildman–Crippen MR) is 98.8 cm³/mol. The van der Waals surface area contributed by atoms with Gasteiger partial charge >= 0.3 is 12.1 Å². The molecule has 0 N–H and O–H groups in total. The second-order valence-corrected chi connectivity index (χ2v) is 7.93. The smallest absolute Gasteiger partial charge is 0.420 e. The Morgan fingerprint density at radius 2 is 1.83 bits per heavy atom. The minimum absolute atomic E-state index is 0.0861. The van der Waals surface area contributed by atoms with E-state index < -0.39 is 23.2 Å². The van der Waals surface area contributed by atoms with E-state index >= 15 is 0 Å². The van der Waals surface area contributed by atoms with Crippen molar-refractivity contribution in [2.45, 2.75) is 37.8 Å². The number of carbonyl (C=O) groups is 2. The highest BCUT2D eigenvalue weighted by Crippen LogP contribution is 2.47. The average molecular weight is 430 g/mol. The molecule has 1 amide bonds. The van der Waals surface area contributed by atoms with Gasteiger partial charge in [0.1, 0.15) is 5.58 Å². The largest absolute Gasteiger partial charge is 0.469 e. The van der Waals surface area contributed by atoms with Crippen LogP contribution in [0.25, 0.3) is 11.0 Å². The molecule has 0 atom stereocenters. The molecule has 0 bridgehead atoms. The first kappa shape index (κ1) is 20.1. The number of ether oxygens (including phenoxy) is 1. The fourth-order valence-corrected chi connectivity index (χ4v) is 4.08. The van der Waals surface area contributed by atoms with Crippen molar-refractivity contribution in [2.75, 3.05) is 20.2 Å². The summed E-state index contributed by atoms with van der Waals surface area (Å²) in [7, 11) is 1.31. The fraction of sp³-hybridized carbons (Fsp3) is 0.500. The molecule has 1 aliphatic carbocycles. The van der Waals surface area contributed by atoms with Crippen LogP contribution in [-0.2, 0) is 15.7 Å². The molecule has 2 aromatic rings. The third-order valence-electron chi connectivity index (χ3n) is 5.62. The zero-order valence-corrected chi connectivity index (χ0v) is 16.4. The van der Waals surface area contributed by atoms with Gasteiger partial charge in [0.25, 0.3) is 5.91 Å². The number of alkyl halides is 3. The SMILES string of the molecule is COC(=O)C1CCN(C(=O)c2oc3c(C(F)(F)F)cc(C4CC4)cc3c2Cl)CC1. The molecule has 1 saturated carbocycles. The van der Waals surface area contributed by atoms with Crippen molar-refractivity contribution < 1.29 is 31.9 Å². The number of hydrogen-bond donors (Lipinski definition) is 0. The van der Waals surface area contributed by atoms with Gasteiger partial charge in [0.15, 0.2) is 0 Å². The number of esters is 1. The van der Waals surface area contributed by atoms with Crippen LogP contribution >= 0.6 is 11.6 Å². The van der Waals surface area contributed by atoms with E-state index in [4.69, 9.17) is 20.8 Å². The highest BCUT2D eigenvalue weighted by molar-refractivity contribution is 6.38. The van der Waals surface area contributed by atoms with Gasteiger partial charge in [-0.25, -0.2) is 0 Å². The molecular weight excluding hydrogens is 411 g/mol. The van der Waals surface area contributed by atoms with E-state index in [1.54, 1.807) is 6.07 Å². The third-order valence-corrected chi connectivity index (χ3v) is 5.99. The molecule has 9 heteroatoms. The van der Waals surface area contributed by atoms with Gasteiger partial charge in [-0.1, -0.05) is 11.6 Å². The van der Waals surface area contributed by atoms with Crippen LogP contribution in [0.15, 0.2) is 16.5 Å². The van der Waals surface area contributed by atoms with Crippen molar-refractivity contribution >= 4 is 34.4 Å². The Morgan fingerprint density at radius 1 is 1.17 bits per heavy atom. The molecule has 29 heavy (non-hydrogen) atoms. The topological polar surface area (TPSA) is 59.8 Å². The van der Waals surface area contributed by atoms with Crippen LogP contribution < -0.4 is 0 Å². The monoisotopic (exact) mass is 429 g/mol. The summed E-state index contributed by atoms with van der Waals surface area (Å²) in [4.78, 5) is 26.0.